The maximum absolute atomic E-state index is 13.0. The molecule has 3 heterocycles. The molecule has 3 aliphatic heterocycles. The van der Waals surface area contributed by atoms with Crippen molar-refractivity contribution in [2.45, 2.75) is 24.9 Å². The number of phenols is 1. The number of hydrogen-bond acceptors (Lipinski definition) is 5. The number of benzene rings is 1. The van der Waals surface area contributed by atoms with E-state index in [1.807, 2.05) is 9.80 Å². The monoisotopic (exact) mass is 361 g/mol. The average Bonchev–Trinajstić information content (AvgIpc) is 3.21. The van der Waals surface area contributed by atoms with E-state index in [2.05, 4.69) is 4.90 Å². The number of morpholine rings is 1. The summed E-state index contributed by atoms with van der Waals surface area (Å²) < 4.78 is 11.7. The molecule has 142 valence electrons. The van der Waals surface area contributed by atoms with E-state index in [4.69, 9.17) is 9.47 Å². The van der Waals surface area contributed by atoms with E-state index in [1.165, 1.54) is 0 Å². The number of likely N-dealkylation sites (tertiary alicyclic amines) is 1. The van der Waals surface area contributed by atoms with Crippen LogP contribution in [0.1, 0.15) is 12.8 Å². The fourth-order valence-corrected chi connectivity index (χ4v) is 4.15. The van der Waals surface area contributed by atoms with E-state index < -0.39 is 0 Å². The molecule has 26 heavy (non-hydrogen) atoms. The smallest absolute Gasteiger partial charge is 0.320 e. The molecule has 7 nitrogen and oxygen atoms in total. The molecular weight excluding hydrogens is 334 g/mol. The molecule has 1 N–H and O–H groups in total. The van der Waals surface area contributed by atoms with E-state index in [0.717, 1.165) is 52.2 Å². The van der Waals surface area contributed by atoms with Gasteiger partial charge in [-0.3, -0.25) is 4.90 Å². The second kappa shape index (κ2) is 7.72. The van der Waals surface area contributed by atoms with Crippen LogP contribution >= 0.6 is 0 Å². The molecule has 3 fully saturated rings. The lowest BCUT2D eigenvalue weighted by atomic mass is 10.0. The summed E-state index contributed by atoms with van der Waals surface area (Å²) in [4.78, 5) is 19.4. The van der Waals surface area contributed by atoms with Gasteiger partial charge in [-0.25, -0.2) is 4.79 Å². The van der Waals surface area contributed by atoms with Crippen LogP contribution < -0.4 is 4.74 Å². The predicted molar refractivity (Wildman–Crippen MR) is 96.5 cm³/mol. The van der Waals surface area contributed by atoms with Crippen molar-refractivity contribution in [2.24, 2.45) is 0 Å². The molecule has 2 amide bonds. The summed E-state index contributed by atoms with van der Waals surface area (Å²) >= 11 is 0. The molecule has 0 aliphatic carbocycles. The van der Waals surface area contributed by atoms with Crippen LogP contribution in [0.15, 0.2) is 24.3 Å². The third kappa shape index (κ3) is 3.59. The summed E-state index contributed by atoms with van der Waals surface area (Å²) in [5.41, 5.74) is 0. The Bertz CT molecular complexity index is 618. The first-order valence-corrected chi connectivity index (χ1v) is 9.51. The Labute approximate surface area is 154 Å². The fraction of sp³-hybridized carbons (Fsp3) is 0.632. The number of urea groups is 1. The highest BCUT2D eigenvalue weighted by molar-refractivity contribution is 5.75. The summed E-state index contributed by atoms with van der Waals surface area (Å²) in [6, 6.07) is 6.98. The van der Waals surface area contributed by atoms with E-state index >= 15 is 0 Å². The van der Waals surface area contributed by atoms with Crippen LogP contribution in [0.4, 0.5) is 4.79 Å². The second-order valence-electron chi connectivity index (χ2n) is 7.22. The topological polar surface area (TPSA) is 65.5 Å². The maximum atomic E-state index is 13.0. The Hall–Kier alpha value is -1.99. The lowest BCUT2D eigenvalue weighted by Gasteiger charge is -2.49. The molecule has 7 heteroatoms. The zero-order valence-electron chi connectivity index (χ0n) is 15.0. The van der Waals surface area contributed by atoms with E-state index in [9.17, 15) is 9.90 Å². The summed E-state index contributed by atoms with van der Waals surface area (Å²) in [5.74, 6) is 0.915. The van der Waals surface area contributed by atoms with Crippen LogP contribution in [-0.4, -0.2) is 90.5 Å². The molecule has 0 saturated carbocycles. The van der Waals surface area contributed by atoms with Gasteiger partial charge in [-0.15, -0.1) is 0 Å². The van der Waals surface area contributed by atoms with Crippen molar-refractivity contribution >= 4 is 6.03 Å². The van der Waals surface area contributed by atoms with Gasteiger partial charge in [-0.2, -0.15) is 0 Å². The van der Waals surface area contributed by atoms with Crippen molar-refractivity contribution in [1.82, 2.24) is 14.7 Å². The van der Waals surface area contributed by atoms with Gasteiger partial charge in [0.25, 0.3) is 0 Å². The van der Waals surface area contributed by atoms with Gasteiger partial charge in [-0.1, -0.05) is 0 Å². The number of amides is 2. The van der Waals surface area contributed by atoms with Crippen molar-refractivity contribution in [3.63, 3.8) is 0 Å². The average molecular weight is 361 g/mol. The minimum atomic E-state index is -0.0362. The molecular formula is C19H27N3O4. The van der Waals surface area contributed by atoms with Crippen molar-refractivity contribution in [3.05, 3.63) is 24.3 Å². The largest absolute Gasteiger partial charge is 0.508 e. The quantitative estimate of drug-likeness (QED) is 0.881. The SMILES string of the molecule is O=C(N1CCCC1)N1CCN2CCOCC2C1COc1ccc(O)cc1. The van der Waals surface area contributed by atoms with Crippen molar-refractivity contribution in [3.8, 4) is 11.5 Å². The van der Waals surface area contributed by atoms with E-state index in [-0.39, 0.29) is 23.9 Å². The summed E-state index contributed by atoms with van der Waals surface area (Å²) in [5, 5.41) is 9.43. The molecule has 3 aliphatic rings. The van der Waals surface area contributed by atoms with Gasteiger partial charge in [0.15, 0.2) is 0 Å². The van der Waals surface area contributed by atoms with E-state index in [1.54, 1.807) is 24.3 Å². The minimum Gasteiger partial charge on any atom is -0.508 e. The van der Waals surface area contributed by atoms with Crippen LogP contribution in [0.2, 0.25) is 0 Å². The first-order chi connectivity index (χ1) is 12.7. The van der Waals surface area contributed by atoms with Gasteiger partial charge in [0.1, 0.15) is 18.1 Å². The lowest BCUT2D eigenvalue weighted by Crippen LogP contribution is -2.67. The first-order valence-electron chi connectivity index (χ1n) is 9.51. The standard InChI is InChI=1S/C19H27N3O4/c23-15-3-5-16(6-4-15)26-14-18-17-13-25-12-11-20(17)9-10-22(18)19(24)21-7-1-2-8-21/h3-6,17-18,23H,1-2,7-14H2. The molecule has 0 bridgehead atoms. The minimum absolute atomic E-state index is 0.0362. The normalized spacial score (nSPS) is 26.6. The molecule has 2 unspecified atom stereocenters. The summed E-state index contributed by atoms with van der Waals surface area (Å²) in [6.07, 6.45) is 2.18. The number of rotatable bonds is 3. The Kier molecular flexibility index (Phi) is 5.17. The van der Waals surface area contributed by atoms with Crippen molar-refractivity contribution in [2.75, 3.05) is 52.5 Å². The zero-order valence-corrected chi connectivity index (χ0v) is 15.0. The molecule has 0 aromatic heterocycles. The molecule has 3 saturated heterocycles. The van der Waals surface area contributed by atoms with Gasteiger partial charge in [0.2, 0.25) is 0 Å². The lowest BCUT2D eigenvalue weighted by molar-refractivity contribution is -0.0731. The van der Waals surface area contributed by atoms with E-state index in [0.29, 0.717) is 19.0 Å². The van der Waals surface area contributed by atoms with Crippen LogP contribution in [0.5, 0.6) is 11.5 Å². The Morgan fingerprint density at radius 1 is 1.12 bits per heavy atom. The number of ether oxygens (including phenoxy) is 2. The maximum Gasteiger partial charge on any atom is 0.320 e. The number of aromatic hydroxyl groups is 1. The molecule has 4 rings (SSSR count). The Balaban J connectivity index is 1.49. The highest BCUT2D eigenvalue weighted by Gasteiger charge is 2.42. The van der Waals surface area contributed by atoms with Gasteiger partial charge >= 0.3 is 6.03 Å². The Morgan fingerprint density at radius 3 is 2.65 bits per heavy atom. The zero-order chi connectivity index (χ0) is 17.9. The third-order valence-electron chi connectivity index (χ3n) is 5.63. The number of carbonyl (C=O) groups excluding carboxylic acids is 1. The number of carbonyl (C=O) groups is 1. The van der Waals surface area contributed by atoms with Crippen molar-refractivity contribution in [1.29, 1.82) is 0 Å². The number of piperazine rings is 1. The second-order valence-corrected chi connectivity index (χ2v) is 7.22. The first kappa shape index (κ1) is 17.4. The van der Waals surface area contributed by atoms with Gasteiger partial charge in [0, 0.05) is 32.7 Å². The molecule has 1 aromatic rings. The number of fused-ring (bicyclic) bond motifs is 1. The molecule has 1 aromatic carbocycles. The summed E-state index contributed by atoms with van der Waals surface area (Å²) in [6.45, 7) is 6.05. The highest BCUT2D eigenvalue weighted by Crippen LogP contribution is 2.25. The van der Waals surface area contributed by atoms with Crippen LogP contribution in [0.3, 0.4) is 0 Å². The molecule has 2 atom stereocenters. The fourth-order valence-electron chi connectivity index (χ4n) is 4.15. The predicted octanol–water partition coefficient (Wildman–Crippen LogP) is 1.37. The Morgan fingerprint density at radius 2 is 1.88 bits per heavy atom. The third-order valence-corrected chi connectivity index (χ3v) is 5.63. The van der Waals surface area contributed by atoms with Crippen LogP contribution in [0.25, 0.3) is 0 Å². The molecule has 0 spiro atoms. The number of phenolic OH excluding ortho intramolecular Hbond substituents is 1. The van der Waals surface area contributed by atoms with Crippen LogP contribution in [-0.2, 0) is 4.74 Å². The van der Waals surface area contributed by atoms with Gasteiger partial charge in [-0.05, 0) is 37.1 Å². The van der Waals surface area contributed by atoms with Gasteiger partial charge in [0.05, 0.1) is 25.3 Å². The summed E-state index contributed by atoms with van der Waals surface area (Å²) in [7, 11) is 0. The van der Waals surface area contributed by atoms with Crippen LogP contribution in [0, 0.1) is 0 Å². The highest BCUT2D eigenvalue weighted by atomic mass is 16.5. The number of nitrogens with zero attached hydrogens (tertiary/aromatic N) is 3. The van der Waals surface area contributed by atoms with Gasteiger partial charge < -0.3 is 24.4 Å². The van der Waals surface area contributed by atoms with Crippen molar-refractivity contribution < 1.29 is 19.4 Å². The number of hydrogen-bond donors (Lipinski definition) is 1. The molecule has 0 radical (unpaired) electrons.